The van der Waals surface area contributed by atoms with Crippen LogP contribution in [0, 0.1) is 0 Å². The highest BCUT2D eigenvalue weighted by Crippen LogP contribution is 2.24. The molecule has 1 unspecified atom stereocenters. The molecule has 1 heterocycles. The van der Waals surface area contributed by atoms with Crippen LogP contribution in [0.1, 0.15) is 16.6 Å². The summed E-state index contributed by atoms with van der Waals surface area (Å²) in [6, 6.07) is 0.275. The van der Waals surface area contributed by atoms with Gasteiger partial charge in [-0.2, -0.15) is 0 Å². The Morgan fingerprint density at radius 2 is 2.24 bits per heavy atom. The highest BCUT2D eigenvalue weighted by Gasteiger charge is 2.16. The zero-order valence-electron chi connectivity index (χ0n) is 10.6. The van der Waals surface area contributed by atoms with Gasteiger partial charge in [-0.15, -0.1) is 0 Å². The SMILES string of the molecule is CNc1nc(N)c(C(=O)NCC(C)N(C)C)s1. The van der Waals surface area contributed by atoms with E-state index in [2.05, 4.69) is 15.6 Å². The molecule has 7 heteroatoms. The van der Waals surface area contributed by atoms with Crippen molar-refractivity contribution in [2.45, 2.75) is 13.0 Å². The fourth-order valence-corrected chi connectivity index (χ4v) is 1.86. The molecule has 0 saturated heterocycles. The number of anilines is 2. The topological polar surface area (TPSA) is 83.3 Å². The summed E-state index contributed by atoms with van der Waals surface area (Å²) in [5, 5.41) is 6.35. The molecule has 0 radical (unpaired) electrons. The number of hydrogen-bond donors (Lipinski definition) is 3. The van der Waals surface area contributed by atoms with Gasteiger partial charge >= 0.3 is 0 Å². The minimum absolute atomic E-state index is 0.171. The summed E-state index contributed by atoms with van der Waals surface area (Å²) in [4.78, 5) is 18.4. The van der Waals surface area contributed by atoms with Gasteiger partial charge in [0.2, 0.25) is 0 Å². The first kappa shape index (κ1) is 13.7. The van der Waals surface area contributed by atoms with Crippen molar-refractivity contribution in [3.8, 4) is 0 Å². The molecule has 1 aromatic rings. The van der Waals surface area contributed by atoms with Gasteiger partial charge in [0.1, 0.15) is 10.7 Å². The van der Waals surface area contributed by atoms with Crippen LogP contribution in [0.3, 0.4) is 0 Å². The highest BCUT2D eigenvalue weighted by atomic mass is 32.1. The van der Waals surface area contributed by atoms with E-state index in [1.807, 2.05) is 25.9 Å². The second kappa shape index (κ2) is 5.83. The Labute approximate surface area is 105 Å². The summed E-state index contributed by atoms with van der Waals surface area (Å²) in [5.41, 5.74) is 5.67. The molecule has 0 fully saturated rings. The van der Waals surface area contributed by atoms with E-state index in [1.165, 1.54) is 11.3 Å². The third-order valence-electron chi connectivity index (χ3n) is 2.51. The zero-order chi connectivity index (χ0) is 13.0. The molecule has 1 rings (SSSR count). The first-order valence-corrected chi connectivity index (χ1v) is 6.16. The van der Waals surface area contributed by atoms with Crippen molar-refractivity contribution in [2.24, 2.45) is 0 Å². The molecule has 1 atom stereocenters. The molecule has 0 aliphatic rings. The van der Waals surface area contributed by atoms with Gasteiger partial charge in [-0.05, 0) is 21.0 Å². The normalized spacial score (nSPS) is 12.5. The molecule has 17 heavy (non-hydrogen) atoms. The number of amides is 1. The molecular weight excluding hydrogens is 238 g/mol. The highest BCUT2D eigenvalue weighted by molar-refractivity contribution is 7.18. The summed E-state index contributed by atoms with van der Waals surface area (Å²) < 4.78 is 0. The van der Waals surface area contributed by atoms with Crippen molar-refractivity contribution in [3.05, 3.63) is 4.88 Å². The van der Waals surface area contributed by atoms with E-state index >= 15 is 0 Å². The lowest BCUT2D eigenvalue weighted by molar-refractivity contribution is 0.0948. The molecule has 0 aromatic carbocycles. The number of rotatable bonds is 5. The van der Waals surface area contributed by atoms with E-state index in [0.29, 0.717) is 16.6 Å². The first-order chi connectivity index (χ1) is 7.95. The van der Waals surface area contributed by atoms with Crippen LogP contribution in [0.2, 0.25) is 0 Å². The number of nitrogen functional groups attached to an aromatic ring is 1. The van der Waals surface area contributed by atoms with Gasteiger partial charge in [0.05, 0.1) is 0 Å². The fourth-order valence-electron chi connectivity index (χ4n) is 1.10. The lowest BCUT2D eigenvalue weighted by Gasteiger charge is -2.19. The number of carbonyl (C=O) groups excluding carboxylic acids is 1. The van der Waals surface area contributed by atoms with Crippen molar-refractivity contribution in [3.63, 3.8) is 0 Å². The molecule has 96 valence electrons. The van der Waals surface area contributed by atoms with Crippen LogP contribution in [0.4, 0.5) is 10.9 Å². The van der Waals surface area contributed by atoms with Gasteiger partial charge in [-0.3, -0.25) is 4.79 Å². The molecule has 0 aliphatic heterocycles. The molecule has 0 saturated carbocycles. The maximum absolute atomic E-state index is 11.9. The number of nitrogens with one attached hydrogen (secondary N) is 2. The Bertz CT molecular complexity index is 390. The van der Waals surface area contributed by atoms with Crippen molar-refractivity contribution < 1.29 is 4.79 Å². The van der Waals surface area contributed by atoms with Gasteiger partial charge in [-0.25, -0.2) is 4.98 Å². The van der Waals surface area contributed by atoms with E-state index in [0.717, 1.165) is 0 Å². The predicted molar refractivity (Wildman–Crippen MR) is 71.6 cm³/mol. The Hall–Kier alpha value is -1.34. The summed E-state index contributed by atoms with van der Waals surface area (Å²) in [7, 11) is 5.68. The third-order valence-corrected chi connectivity index (χ3v) is 3.60. The Kier molecular flexibility index (Phi) is 4.71. The molecule has 6 nitrogen and oxygen atoms in total. The minimum atomic E-state index is -0.171. The summed E-state index contributed by atoms with van der Waals surface area (Å²) in [6.45, 7) is 2.62. The number of nitrogens with two attached hydrogens (primary N) is 1. The number of thiazole rings is 1. The van der Waals surface area contributed by atoms with Crippen LogP contribution in [0.25, 0.3) is 0 Å². The average molecular weight is 257 g/mol. The molecule has 0 bridgehead atoms. The third kappa shape index (κ3) is 3.57. The van der Waals surface area contributed by atoms with Crippen molar-refractivity contribution in [1.82, 2.24) is 15.2 Å². The first-order valence-electron chi connectivity index (χ1n) is 5.34. The Morgan fingerprint density at radius 3 is 2.71 bits per heavy atom. The van der Waals surface area contributed by atoms with Crippen LogP contribution < -0.4 is 16.4 Å². The van der Waals surface area contributed by atoms with E-state index in [-0.39, 0.29) is 17.8 Å². The van der Waals surface area contributed by atoms with Gasteiger partial charge in [-0.1, -0.05) is 11.3 Å². The Morgan fingerprint density at radius 1 is 1.59 bits per heavy atom. The number of hydrogen-bond acceptors (Lipinski definition) is 6. The number of aromatic nitrogens is 1. The number of nitrogens with zero attached hydrogens (tertiary/aromatic N) is 2. The maximum Gasteiger partial charge on any atom is 0.265 e. The van der Waals surface area contributed by atoms with E-state index in [9.17, 15) is 4.79 Å². The van der Waals surface area contributed by atoms with E-state index < -0.39 is 0 Å². The van der Waals surface area contributed by atoms with Gasteiger partial charge in [0, 0.05) is 19.6 Å². The second-order valence-corrected chi connectivity index (χ2v) is 5.01. The lowest BCUT2D eigenvalue weighted by Crippen LogP contribution is -2.38. The summed E-state index contributed by atoms with van der Waals surface area (Å²) in [6.07, 6.45) is 0. The number of carbonyl (C=O) groups is 1. The monoisotopic (exact) mass is 257 g/mol. The molecule has 0 spiro atoms. The standard InChI is InChI=1S/C10H19N5OS/c1-6(15(3)4)5-13-9(16)7-8(11)14-10(12-2)17-7/h6H,5,11H2,1-4H3,(H,12,14)(H,13,16). The molecule has 0 aliphatic carbocycles. The lowest BCUT2D eigenvalue weighted by atomic mass is 10.3. The molecule has 1 amide bonds. The average Bonchev–Trinajstić information content (AvgIpc) is 2.66. The van der Waals surface area contributed by atoms with E-state index in [1.54, 1.807) is 7.05 Å². The molecular formula is C10H19N5OS. The fraction of sp³-hybridized carbons (Fsp3) is 0.600. The van der Waals surface area contributed by atoms with Crippen LogP contribution in [-0.2, 0) is 0 Å². The van der Waals surface area contributed by atoms with Crippen LogP contribution in [0.15, 0.2) is 0 Å². The number of likely N-dealkylation sites (N-methyl/N-ethyl adjacent to an activating group) is 1. The minimum Gasteiger partial charge on any atom is -0.382 e. The second-order valence-electron chi connectivity index (χ2n) is 4.01. The van der Waals surface area contributed by atoms with E-state index in [4.69, 9.17) is 5.73 Å². The zero-order valence-corrected chi connectivity index (χ0v) is 11.4. The summed E-state index contributed by atoms with van der Waals surface area (Å²) in [5.74, 6) is 0.101. The molecule has 4 N–H and O–H groups in total. The van der Waals surface area contributed by atoms with Crippen molar-refractivity contribution in [2.75, 3.05) is 38.7 Å². The largest absolute Gasteiger partial charge is 0.382 e. The van der Waals surface area contributed by atoms with Crippen LogP contribution >= 0.6 is 11.3 Å². The summed E-state index contributed by atoms with van der Waals surface area (Å²) >= 11 is 1.25. The van der Waals surface area contributed by atoms with Gasteiger partial charge in [0.15, 0.2) is 5.13 Å². The predicted octanol–water partition coefficient (Wildman–Crippen LogP) is 0.447. The van der Waals surface area contributed by atoms with Crippen LogP contribution in [0.5, 0.6) is 0 Å². The van der Waals surface area contributed by atoms with Crippen molar-refractivity contribution >= 4 is 28.2 Å². The maximum atomic E-state index is 11.9. The van der Waals surface area contributed by atoms with Gasteiger partial charge < -0.3 is 21.3 Å². The van der Waals surface area contributed by atoms with Gasteiger partial charge in [0.25, 0.3) is 5.91 Å². The quantitative estimate of drug-likeness (QED) is 0.713. The van der Waals surface area contributed by atoms with Crippen LogP contribution in [-0.4, -0.2) is 49.5 Å². The van der Waals surface area contributed by atoms with Crippen molar-refractivity contribution in [1.29, 1.82) is 0 Å². The Balaban J connectivity index is 2.60. The molecule has 1 aromatic heterocycles. The smallest absolute Gasteiger partial charge is 0.265 e.